The van der Waals surface area contributed by atoms with Crippen LogP contribution in [0.15, 0.2) is 0 Å². The fourth-order valence-corrected chi connectivity index (χ4v) is 1.69. The van der Waals surface area contributed by atoms with Gasteiger partial charge in [-0.1, -0.05) is 12.8 Å². The number of nitrogens with zero attached hydrogens (tertiary/aromatic N) is 1. The van der Waals surface area contributed by atoms with Crippen molar-refractivity contribution >= 4 is 5.91 Å². The molecule has 0 aliphatic carbocycles. The number of hydrogen-bond donors (Lipinski definition) is 2. The Labute approximate surface area is 79.4 Å². The van der Waals surface area contributed by atoms with Gasteiger partial charge in [-0.25, -0.2) is 5.84 Å². The van der Waals surface area contributed by atoms with E-state index in [9.17, 15) is 4.79 Å². The largest absolute Gasteiger partial charge is 0.303 e. The zero-order valence-corrected chi connectivity index (χ0v) is 8.09. The van der Waals surface area contributed by atoms with Crippen LogP contribution in [-0.4, -0.2) is 30.4 Å². The van der Waals surface area contributed by atoms with E-state index in [1.807, 2.05) is 0 Å². The second-order valence-electron chi connectivity index (χ2n) is 3.57. The Morgan fingerprint density at radius 1 is 1.23 bits per heavy atom. The van der Waals surface area contributed by atoms with E-state index in [2.05, 4.69) is 10.3 Å². The van der Waals surface area contributed by atoms with E-state index >= 15 is 0 Å². The highest BCUT2D eigenvalue weighted by Gasteiger charge is 2.09. The number of hydrazine groups is 1. The molecule has 0 atom stereocenters. The van der Waals surface area contributed by atoms with Gasteiger partial charge in [0.15, 0.2) is 0 Å². The molecule has 0 radical (unpaired) electrons. The molecule has 0 aromatic rings. The van der Waals surface area contributed by atoms with Crippen molar-refractivity contribution in [2.75, 3.05) is 19.6 Å². The van der Waals surface area contributed by atoms with E-state index in [1.54, 1.807) is 0 Å². The molecule has 0 spiro atoms. The summed E-state index contributed by atoms with van der Waals surface area (Å²) in [5, 5.41) is 0. The van der Waals surface area contributed by atoms with Crippen LogP contribution in [0.5, 0.6) is 0 Å². The third-order valence-electron chi connectivity index (χ3n) is 2.51. The number of hydrogen-bond acceptors (Lipinski definition) is 3. The summed E-state index contributed by atoms with van der Waals surface area (Å²) in [7, 11) is 0. The van der Waals surface area contributed by atoms with Gasteiger partial charge in [0.2, 0.25) is 5.91 Å². The molecule has 4 heteroatoms. The van der Waals surface area contributed by atoms with Gasteiger partial charge in [-0.05, 0) is 25.9 Å². The molecule has 1 aliphatic rings. The van der Waals surface area contributed by atoms with Crippen molar-refractivity contribution in [1.82, 2.24) is 10.3 Å². The quantitative estimate of drug-likeness (QED) is 0.376. The normalized spacial score (nSPS) is 19.5. The van der Waals surface area contributed by atoms with Crippen LogP contribution in [0, 0.1) is 0 Å². The van der Waals surface area contributed by atoms with Gasteiger partial charge in [-0.15, -0.1) is 0 Å². The Kier molecular flexibility index (Phi) is 4.78. The Bertz CT molecular complexity index is 153. The summed E-state index contributed by atoms with van der Waals surface area (Å²) in [5.74, 6) is 4.93. The van der Waals surface area contributed by atoms with E-state index in [-0.39, 0.29) is 5.91 Å². The van der Waals surface area contributed by atoms with Gasteiger partial charge in [0, 0.05) is 13.0 Å². The lowest BCUT2D eigenvalue weighted by atomic mass is 10.2. The average Bonchev–Trinajstić information content (AvgIpc) is 2.42. The van der Waals surface area contributed by atoms with Crippen molar-refractivity contribution in [1.29, 1.82) is 0 Å². The first-order chi connectivity index (χ1) is 6.33. The van der Waals surface area contributed by atoms with Crippen LogP contribution in [0.2, 0.25) is 0 Å². The summed E-state index contributed by atoms with van der Waals surface area (Å²) >= 11 is 0. The first-order valence-corrected chi connectivity index (χ1v) is 5.05. The summed E-state index contributed by atoms with van der Waals surface area (Å²) < 4.78 is 0. The number of amides is 1. The van der Waals surface area contributed by atoms with Crippen LogP contribution in [-0.2, 0) is 4.79 Å². The molecule has 0 saturated carbocycles. The maximum atomic E-state index is 10.9. The molecule has 0 aromatic carbocycles. The summed E-state index contributed by atoms with van der Waals surface area (Å²) in [4.78, 5) is 13.2. The second kappa shape index (κ2) is 5.94. The maximum absolute atomic E-state index is 10.9. The van der Waals surface area contributed by atoms with Crippen molar-refractivity contribution in [3.05, 3.63) is 0 Å². The fraction of sp³-hybridized carbons (Fsp3) is 0.889. The number of nitrogens with one attached hydrogen (secondary N) is 1. The summed E-state index contributed by atoms with van der Waals surface area (Å²) in [6, 6.07) is 0. The first-order valence-electron chi connectivity index (χ1n) is 5.05. The third-order valence-corrected chi connectivity index (χ3v) is 2.51. The van der Waals surface area contributed by atoms with Crippen molar-refractivity contribution in [3.8, 4) is 0 Å². The van der Waals surface area contributed by atoms with Gasteiger partial charge in [0.05, 0.1) is 0 Å². The minimum absolute atomic E-state index is 0.0655. The molecule has 4 nitrogen and oxygen atoms in total. The number of rotatable bonds is 3. The molecule has 76 valence electrons. The number of carbonyl (C=O) groups is 1. The van der Waals surface area contributed by atoms with Crippen LogP contribution in [0.1, 0.15) is 32.1 Å². The van der Waals surface area contributed by atoms with Crippen LogP contribution < -0.4 is 11.3 Å². The molecule has 0 unspecified atom stereocenters. The Morgan fingerprint density at radius 3 is 2.38 bits per heavy atom. The van der Waals surface area contributed by atoms with Gasteiger partial charge in [0.1, 0.15) is 0 Å². The molecule has 1 amide bonds. The Balaban J connectivity index is 2.15. The zero-order valence-electron chi connectivity index (χ0n) is 8.09. The summed E-state index contributed by atoms with van der Waals surface area (Å²) in [5.41, 5.74) is 2.15. The number of likely N-dealkylation sites (tertiary alicyclic amines) is 1. The highest BCUT2D eigenvalue weighted by Crippen LogP contribution is 2.09. The molecule has 1 rings (SSSR count). The van der Waals surface area contributed by atoms with E-state index in [0.29, 0.717) is 6.42 Å². The van der Waals surface area contributed by atoms with Crippen molar-refractivity contribution in [2.24, 2.45) is 5.84 Å². The van der Waals surface area contributed by atoms with Crippen molar-refractivity contribution < 1.29 is 4.79 Å². The molecule has 0 bridgehead atoms. The lowest BCUT2D eigenvalue weighted by molar-refractivity contribution is -0.121. The van der Waals surface area contributed by atoms with Crippen LogP contribution in [0.3, 0.4) is 0 Å². The third kappa shape index (κ3) is 4.24. The Hall–Kier alpha value is -0.610. The highest BCUT2D eigenvalue weighted by molar-refractivity contribution is 5.75. The van der Waals surface area contributed by atoms with Crippen LogP contribution in [0.4, 0.5) is 0 Å². The SMILES string of the molecule is NNC(=O)CCN1CCCCCC1. The van der Waals surface area contributed by atoms with Gasteiger partial charge < -0.3 is 4.90 Å². The predicted molar refractivity (Wildman–Crippen MR) is 51.9 cm³/mol. The molecular formula is C9H19N3O. The zero-order chi connectivity index (χ0) is 9.52. The van der Waals surface area contributed by atoms with Crippen LogP contribution in [0.25, 0.3) is 0 Å². The maximum Gasteiger partial charge on any atom is 0.235 e. The van der Waals surface area contributed by atoms with Gasteiger partial charge >= 0.3 is 0 Å². The van der Waals surface area contributed by atoms with E-state index in [1.165, 1.54) is 25.7 Å². The molecule has 1 saturated heterocycles. The highest BCUT2D eigenvalue weighted by atomic mass is 16.2. The van der Waals surface area contributed by atoms with Crippen molar-refractivity contribution in [3.63, 3.8) is 0 Å². The number of nitrogens with two attached hydrogens (primary N) is 1. The summed E-state index contributed by atoms with van der Waals surface area (Å²) in [6.45, 7) is 3.12. The van der Waals surface area contributed by atoms with Gasteiger partial charge in [-0.3, -0.25) is 10.2 Å². The Morgan fingerprint density at radius 2 is 1.85 bits per heavy atom. The predicted octanol–water partition coefficient (Wildman–Crippen LogP) is 0.242. The molecular weight excluding hydrogens is 166 g/mol. The van der Waals surface area contributed by atoms with E-state index in [4.69, 9.17) is 5.84 Å². The minimum atomic E-state index is -0.0655. The average molecular weight is 185 g/mol. The van der Waals surface area contributed by atoms with Gasteiger partial charge in [-0.2, -0.15) is 0 Å². The fourth-order valence-electron chi connectivity index (χ4n) is 1.69. The standard InChI is InChI=1S/C9H19N3O/c10-11-9(13)5-8-12-6-3-1-2-4-7-12/h1-8,10H2,(H,11,13). The monoisotopic (exact) mass is 185 g/mol. The van der Waals surface area contributed by atoms with Crippen LogP contribution >= 0.6 is 0 Å². The lowest BCUT2D eigenvalue weighted by Gasteiger charge is -2.18. The lowest BCUT2D eigenvalue weighted by Crippen LogP contribution is -2.34. The molecule has 1 aliphatic heterocycles. The molecule has 1 heterocycles. The minimum Gasteiger partial charge on any atom is -0.303 e. The van der Waals surface area contributed by atoms with Crippen molar-refractivity contribution in [2.45, 2.75) is 32.1 Å². The van der Waals surface area contributed by atoms with E-state index < -0.39 is 0 Å². The second-order valence-corrected chi connectivity index (χ2v) is 3.57. The van der Waals surface area contributed by atoms with Gasteiger partial charge in [0.25, 0.3) is 0 Å². The number of carbonyl (C=O) groups excluding carboxylic acids is 1. The summed E-state index contributed by atoms with van der Waals surface area (Å²) in [6.07, 6.45) is 5.73. The molecule has 3 N–H and O–H groups in total. The van der Waals surface area contributed by atoms with E-state index in [0.717, 1.165) is 19.6 Å². The topological polar surface area (TPSA) is 58.4 Å². The first kappa shape index (κ1) is 10.5. The smallest absolute Gasteiger partial charge is 0.235 e. The molecule has 1 fully saturated rings. The molecule has 0 aromatic heterocycles. The molecule has 13 heavy (non-hydrogen) atoms.